The Morgan fingerprint density at radius 1 is 1.33 bits per heavy atom. The highest BCUT2D eigenvalue weighted by molar-refractivity contribution is 7.98. The fourth-order valence-corrected chi connectivity index (χ4v) is 1.43. The molecule has 0 atom stereocenters. The van der Waals surface area contributed by atoms with Gasteiger partial charge >= 0.3 is 0 Å². The van der Waals surface area contributed by atoms with Gasteiger partial charge < -0.3 is 5.32 Å². The zero-order valence-corrected chi connectivity index (χ0v) is 8.76. The van der Waals surface area contributed by atoms with E-state index in [1.807, 2.05) is 19.2 Å². The van der Waals surface area contributed by atoms with E-state index >= 15 is 0 Å². The van der Waals surface area contributed by atoms with Crippen molar-refractivity contribution in [1.29, 1.82) is 0 Å². The van der Waals surface area contributed by atoms with E-state index in [9.17, 15) is 0 Å². The minimum absolute atomic E-state index is 0.794. The molecule has 0 amide bonds. The van der Waals surface area contributed by atoms with Crippen LogP contribution in [0, 0.1) is 0 Å². The van der Waals surface area contributed by atoms with Gasteiger partial charge in [0.25, 0.3) is 0 Å². The highest BCUT2D eigenvalue weighted by atomic mass is 32.2. The van der Waals surface area contributed by atoms with E-state index in [2.05, 4.69) is 23.7 Å². The predicted octanol–water partition coefficient (Wildman–Crippen LogP) is 2.30. The summed E-state index contributed by atoms with van der Waals surface area (Å²) < 4.78 is 0. The number of nitrogens with one attached hydrogen (secondary N) is 1. The lowest BCUT2D eigenvalue weighted by Gasteiger charge is -2.02. The maximum atomic E-state index is 5.08. The highest BCUT2D eigenvalue weighted by Gasteiger charge is 1.96. The Morgan fingerprint density at radius 3 is 2.33 bits per heavy atom. The predicted molar refractivity (Wildman–Crippen MR) is 59.0 cm³/mol. The topological polar surface area (TPSA) is 12.0 Å². The Balaban J connectivity index is 2.84. The number of rotatable bonds is 2. The molecule has 0 aliphatic carbocycles. The van der Waals surface area contributed by atoms with Gasteiger partial charge in [0.2, 0.25) is 0 Å². The molecule has 0 radical (unpaired) electrons. The average molecular weight is 197 g/mol. The molecule has 0 spiro atoms. The van der Waals surface area contributed by atoms with Gasteiger partial charge in [0.1, 0.15) is 4.99 Å². The van der Waals surface area contributed by atoms with Gasteiger partial charge in [-0.15, -0.1) is 11.8 Å². The van der Waals surface area contributed by atoms with Gasteiger partial charge in [-0.05, 0) is 18.4 Å². The maximum absolute atomic E-state index is 5.08. The zero-order valence-electron chi connectivity index (χ0n) is 7.13. The Hall–Kier alpha value is -0.540. The lowest BCUT2D eigenvalue weighted by molar-refractivity contribution is 1.20. The summed E-state index contributed by atoms with van der Waals surface area (Å²) in [5.74, 6) is 0. The molecule has 0 aliphatic heterocycles. The smallest absolute Gasteiger partial charge is 0.106 e. The van der Waals surface area contributed by atoms with Crippen LogP contribution in [0.25, 0.3) is 0 Å². The molecule has 0 heterocycles. The summed E-state index contributed by atoms with van der Waals surface area (Å²) in [7, 11) is 1.84. The first-order chi connectivity index (χ1) is 5.77. The summed E-state index contributed by atoms with van der Waals surface area (Å²) in [6, 6.07) is 8.21. The number of hydrogen-bond donors (Lipinski definition) is 1. The van der Waals surface area contributed by atoms with Gasteiger partial charge in [-0.1, -0.05) is 24.4 Å². The van der Waals surface area contributed by atoms with Gasteiger partial charge in [0.05, 0.1) is 0 Å². The quantitative estimate of drug-likeness (QED) is 0.577. The van der Waals surface area contributed by atoms with Crippen molar-refractivity contribution in [3.05, 3.63) is 29.8 Å². The normalized spacial score (nSPS) is 9.50. The van der Waals surface area contributed by atoms with Crippen molar-refractivity contribution in [3.8, 4) is 0 Å². The minimum Gasteiger partial charge on any atom is -0.379 e. The molecule has 1 aromatic rings. The molecule has 12 heavy (non-hydrogen) atoms. The van der Waals surface area contributed by atoms with Crippen LogP contribution in [0.4, 0.5) is 0 Å². The average Bonchev–Trinajstić information content (AvgIpc) is 2.17. The van der Waals surface area contributed by atoms with E-state index in [0.29, 0.717) is 0 Å². The van der Waals surface area contributed by atoms with E-state index < -0.39 is 0 Å². The van der Waals surface area contributed by atoms with Crippen molar-refractivity contribution in [2.75, 3.05) is 13.3 Å². The van der Waals surface area contributed by atoms with Crippen molar-refractivity contribution < 1.29 is 0 Å². The fraction of sp³-hybridized carbons (Fsp3) is 0.222. The summed E-state index contributed by atoms with van der Waals surface area (Å²) in [5.41, 5.74) is 1.07. The SMILES string of the molecule is CNC(=S)c1ccc(SC)cc1. The van der Waals surface area contributed by atoms with E-state index in [-0.39, 0.29) is 0 Å². The first-order valence-electron chi connectivity index (χ1n) is 3.64. The summed E-state index contributed by atoms with van der Waals surface area (Å²) in [5, 5.41) is 2.94. The molecule has 3 heteroatoms. The molecular weight excluding hydrogens is 186 g/mol. The molecule has 0 aliphatic rings. The molecular formula is C9H11NS2. The third kappa shape index (κ3) is 2.22. The number of thiocarbonyl (C=S) groups is 1. The van der Waals surface area contributed by atoms with E-state index in [1.165, 1.54) is 4.90 Å². The van der Waals surface area contributed by atoms with Crippen LogP contribution in [0.3, 0.4) is 0 Å². The number of benzene rings is 1. The first-order valence-corrected chi connectivity index (χ1v) is 5.27. The Morgan fingerprint density at radius 2 is 1.92 bits per heavy atom. The molecule has 0 aromatic heterocycles. The van der Waals surface area contributed by atoms with Gasteiger partial charge in [-0.25, -0.2) is 0 Å². The van der Waals surface area contributed by atoms with Gasteiger partial charge in [-0.2, -0.15) is 0 Å². The van der Waals surface area contributed by atoms with Crippen LogP contribution in [-0.2, 0) is 0 Å². The third-order valence-electron chi connectivity index (χ3n) is 1.58. The molecule has 1 nitrogen and oxygen atoms in total. The lowest BCUT2D eigenvalue weighted by atomic mass is 10.2. The lowest BCUT2D eigenvalue weighted by Crippen LogP contribution is -2.15. The summed E-state index contributed by atoms with van der Waals surface area (Å²) in [4.78, 5) is 2.06. The van der Waals surface area contributed by atoms with Crippen molar-refractivity contribution in [1.82, 2.24) is 5.32 Å². The largest absolute Gasteiger partial charge is 0.379 e. The Kier molecular flexibility index (Phi) is 3.56. The summed E-state index contributed by atoms with van der Waals surface area (Å²) in [6.07, 6.45) is 2.06. The van der Waals surface area contributed by atoms with Crippen LogP contribution in [0.2, 0.25) is 0 Å². The molecule has 0 fully saturated rings. The van der Waals surface area contributed by atoms with Crippen molar-refractivity contribution in [2.24, 2.45) is 0 Å². The summed E-state index contributed by atoms with van der Waals surface area (Å²) in [6.45, 7) is 0. The maximum Gasteiger partial charge on any atom is 0.106 e. The van der Waals surface area contributed by atoms with Crippen LogP contribution >= 0.6 is 24.0 Å². The highest BCUT2D eigenvalue weighted by Crippen LogP contribution is 2.14. The molecule has 0 saturated carbocycles. The van der Waals surface area contributed by atoms with Gasteiger partial charge in [0, 0.05) is 17.5 Å². The number of thioether (sulfide) groups is 1. The van der Waals surface area contributed by atoms with E-state index in [0.717, 1.165) is 10.6 Å². The second kappa shape index (κ2) is 4.48. The van der Waals surface area contributed by atoms with Gasteiger partial charge in [0.15, 0.2) is 0 Å². The molecule has 0 saturated heterocycles. The Bertz CT molecular complexity index is 266. The zero-order chi connectivity index (χ0) is 8.97. The van der Waals surface area contributed by atoms with Crippen molar-refractivity contribution in [3.63, 3.8) is 0 Å². The molecule has 1 N–H and O–H groups in total. The Labute approximate surface area is 82.6 Å². The van der Waals surface area contributed by atoms with Crippen LogP contribution in [0.15, 0.2) is 29.2 Å². The monoisotopic (exact) mass is 197 g/mol. The van der Waals surface area contributed by atoms with Crippen LogP contribution < -0.4 is 5.32 Å². The van der Waals surface area contributed by atoms with Crippen LogP contribution in [0.5, 0.6) is 0 Å². The summed E-state index contributed by atoms with van der Waals surface area (Å²) >= 11 is 6.82. The van der Waals surface area contributed by atoms with Crippen LogP contribution in [-0.4, -0.2) is 18.3 Å². The fourth-order valence-electron chi connectivity index (χ4n) is 0.887. The van der Waals surface area contributed by atoms with Gasteiger partial charge in [-0.3, -0.25) is 0 Å². The first kappa shape index (κ1) is 9.55. The van der Waals surface area contributed by atoms with E-state index in [1.54, 1.807) is 11.8 Å². The van der Waals surface area contributed by atoms with Crippen molar-refractivity contribution in [2.45, 2.75) is 4.90 Å². The molecule has 1 aromatic carbocycles. The van der Waals surface area contributed by atoms with Crippen LogP contribution in [0.1, 0.15) is 5.56 Å². The second-order valence-electron chi connectivity index (χ2n) is 2.31. The van der Waals surface area contributed by atoms with Crippen molar-refractivity contribution >= 4 is 29.0 Å². The standard InChI is InChI=1S/C9H11NS2/c1-10-9(11)7-3-5-8(12-2)6-4-7/h3-6H,1-2H3,(H,10,11). The molecule has 1 rings (SSSR count). The molecule has 0 bridgehead atoms. The third-order valence-corrected chi connectivity index (χ3v) is 2.76. The second-order valence-corrected chi connectivity index (χ2v) is 3.60. The van der Waals surface area contributed by atoms with E-state index in [4.69, 9.17) is 12.2 Å². The number of hydrogen-bond acceptors (Lipinski definition) is 2. The minimum atomic E-state index is 0.794. The molecule has 64 valence electrons. The molecule has 0 unspecified atom stereocenters.